The van der Waals surface area contributed by atoms with Crippen LogP contribution < -0.4 is 10.6 Å². The molecule has 0 amide bonds. The smallest absolute Gasteiger partial charge is 0.144 e. The molecular formula is C12H14N4. The summed E-state index contributed by atoms with van der Waals surface area (Å²) in [5.74, 6) is 0.671. The topological polar surface area (TPSA) is 60.7 Å². The quantitative estimate of drug-likeness (QED) is 0.744. The summed E-state index contributed by atoms with van der Waals surface area (Å²) >= 11 is 0. The van der Waals surface area contributed by atoms with E-state index in [1.807, 2.05) is 0 Å². The van der Waals surface area contributed by atoms with Gasteiger partial charge in [0.15, 0.2) is 0 Å². The zero-order valence-electron chi connectivity index (χ0n) is 9.03. The van der Waals surface area contributed by atoms with Crippen LogP contribution in [-0.2, 0) is 0 Å². The van der Waals surface area contributed by atoms with Gasteiger partial charge in [-0.05, 0) is 25.1 Å². The van der Waals surface area contributed by atoms with Crippen molar-refractivity contribution in [3.8, 4) is 6.07 Å². The van der Waals surface area contributed by atoms with E-state index < -0.39 is 0 Å². The molecule has 4 heteroatoms. The van der Waals surface area contributed by atoms with Crippen LogP contribution in [0.15, 0.2) is 30.0 Å². The van der Waals surface area contributed by atoms with E-state index in [0.717, 1.165) is 26.1 Å². The lowest BCUT2D eigenvalue weighted by Gasteiger charge is -2.15. The van der Waals surface area contributed by atoms with E-state index in [0.29, 0.717) is 11.4 Å². The number of anilines is 1. The molecule has 2 heterocycles. The number of pyridine rings is 1. The Labute approximate surface area is 95.0 Å². The summed E-state index contributed by atoms with van der Waals surface area (Å²) in [6.45, 7) is 2.73. The maximum absolute atomic E-state index is 8.90. The molecule has 0 aliphatic carbocycles. The minimum atomic E-state index is 0.594. The summed E-state index contributed by atoms with van der Waals surface area (Å²) in [6, 6.07) is 5.67. The largest absolute Gasteiger partial charge is 0.365 e. The number of nitriles is 1. The molecule has 0 saturated carbocycles. The van der Waals surface area contributed by atoms with Crippen LogP contribution in [0.5, 0.6) is 0 Å². The van der Waals surface area contributed by atoms with Crippen molar-refractivity contribution in [1.82, 2.24) is 10.3 Å². The second kappa shape index (κ2) is 5.29. The van der Waals surface area contributed by atoms with Gasteiger partial charge in [-0.3, -0.25) is 0 Å². The molecule has 0 radical (unpaired) electrons. The van der Waals surface area contributed by atoms with E-state index >= 15 is 0 Å². The van der Waals surface area contributed by atoms with E-state index in [2.05, 4.69) is 27.8 Å². The van der Waals surface area contributed by atoms with E-state index in [4.69, 9.17) is 5.26 Å². The van der Waals surface area contributed by atoms with Crippen molar-refractivity contribution in [3.63, 3.8) is 0 Å². The normalized spacial score (nSPS) is 15.1. The van der Waals surface area contributed by atoms with E-state index in [1.165, 1.54) is 5.57 Å². The first-order chi connectivity index (χ1) is 7.90. The Bertz CT molecular complexity index is 431. The summed E-state index contributed by atoms with van der Waals surface area (Å²) in [5.41, 5.74) is 1.96. The first kappa shape index (κ1) is 10.7. The third-order valence-corrected chi connectivity index (χ3v) is 2.57. The molecule has 0 aromatic carbocycles. The lowest BCUT2D eigenvalue weighted by Crippen LogP contribution is -2.23. The molecule has 0 unspecified atom stereocenters. The second-order valence-electron chi connectivity index (χ2n) is 3.68. The Morgan fingerprint density at radius 3 is 3.25 bits per heavy atom. The first-order valence-electron chi connectivity index (χ1n) is 5.38. The SMILES string of the molecule is N#Cc1cccnc1NCC1=CCNCC1. The van der Waals surface area contributed by atoms with Crippen LogP contribution in [0, 0.1) is 11.3 Å². The Kier molecular flexibility index (Phi) is 3.52. The van der Waals surface area contributed by atoms with Crippen LogP contribution in [0.25, 0.3) is 0 Å². The molecule has 0 saturated heterocycles. The van der Waals surface area contributed by atoms with Crippen LogP contribution in [0.2, 0.25) is 0 Å². The molecule has 4 nitrogen and oxygen atoms in total. The van der Waals surface area contributed by atoms with Gasteiger partial charge in [-0.25, -0.2) is 4.98 Å². The number of aromatic nitrogens is 1. The molecule has 0 fully saturated rings. The predicted octanol–water partition coefficient (Wildman–Crippen LogP) is 1.28. The van der Waals surface area contributed by atoms with Gasteiger partial charge < -0.3 is 10.6 Å². The zero-order valence-corrected chi connectivity index (χ0v) is 9.03. The number of hydrogen-bond donors (Lipinski definition) is 2. The molecule has 0 spiro atoms. The first-order valence-corrected chi connectivity index (χ1v) is 5.38. The zero-order chi connectivity index (χ0) is 11.2. The molecule has 82 valence electrons. The van der Waals surface area contributed by atoms with Gasteiger partial charge in [0, 0.05) is 19.3 Å². The Morgan fingerprint density at radius 2 is 2.50 bits per heavy atom. The van der Waals surface area contributed by atoms with Gasteiger partial charge in [0.25, 0.3) is 0 Å². The summed E-state index contributed by atoms with van der Waals surface area (Å²) in [6.07, 6.45) is 4.94. The molecule has 0 bridgehead atoms. The molecule has 2 rings (SSSR count). The summed E-state index contributed by atoms with van der Waals surface area (Å²) in [5, 5.41) is 15.4. The van der Waals surface area contributed by atoms with Crippen molar-refractivity contribution < 1.29 is 0 Å². The number of nitrogens with zero attached hydrogens (tertiary/aromatic N) is 2. The molecule has 1 aliphatic heterocycles. The van der Waals surface area contributed by atoms with Crippen molar-refractivity contribution in [3.05, 3.63) is 35.5 Å². The summed E-state index contributed by atoms with van der Waals surface area (Å²) < 4.78 is 0. The lowest BCUT2D eigenvalue weighted by molar-refractivity contribution is 0.697. The minimum Gasteiger partial charge on any atom is -0.365 e. The molecule has 1 aromatic heterocycles. The highest BCUT2D eigenvalue weighted by atomic mass is 15.0. The van der Waals surface area contributed by atoms with Gasteiger partial charge in [-0.1, -0.05) is 11.6 Å². The third kappa shape index (κ3) is 2.59. The van der Waals surface area contributed by atoms with Crippen molar-refractivity contribution in [2.75, 3.05) is 25.0 Å². The second-order valence-corrected chi connectivity index (χ2v) is 3.68. The third-order valence-electron chi connectivity index (χ3n) is 2.57. The van der Waals surface area contributed by atoms with Crippen LogP contribution in [-0.4, -0.2) is 24.6 Å². The highest BCUT2D eigenvalue weighted by molar-refractivity contribution is 5.51. The number of rotatable bonds is 3. The van der Waals surface area contributed by atoms with Crippen LogP contribution in [0.3, 0.4) is 0 Å². The maximum Gasteiger partial charge on any atom is 0.144 e. The molecular weight excluding hydrogens is 200 g/mol. The average Bonchev–Trinajstić information content (AvgIpc) is 2.38. The number of nitrogens with one attached hydrogen (secondary N) is 2. The van der Waals surface area contributed by atoms with Gasteiger partial charge in [0.1, 0.15) is 11.9 Å². The van der Waals surface area contributed by atoms with Crippen molar-refractivity contribution in [2.24, 2.45) is 0 Å². The predicted molar refractivity (Wildman–Crippen MR) is 63.0 cm³/mol. The molecule has 1 aliphatic rings. The fourth-order valence-electron chi connectivity index (χ4n) is 1.66. The Hall–Kier alpha value is -1.86. The minimum absolute atomic E-state index is 0.594. The maximum atomic E-state index is 8.90. The van der Waals surface area contributed by atoms with Gasteiger partial charge in [-0.15, -0.1) is 0 Å². The summed E-state index contributed by atoms with van der Waals surface area (Å²) in [7, 11) is 0. The lowest BCUT2D eigenvalue weighted by atomic mass is 10.1. The molecule has 1 aromatic rings. The monoisotopic (exact) mass is 214 g/mol. The standard InChI is InChI=1S/C12H14N4/c13-8-11-2-1-5-15-12(11)16-9-10-3-6-14-7-4-10/h1-3,5,14H,4,6-7,9H2,(H,15,16). The van der Waals surface area contributed by atoms with Gasteiger partial charge in [0.05, 0.1) is 5.56 Å². The van der Waals surface area contributed by atoms with E-state index in [-0.39, 0.29) is 0 Å². The van der Waals surface area contributed by atoms with Crippen molar-refractivity contribution >= 4 is 5.82 Å². The summed E-state index contributed by atoms with van der Waals surface area (Å²) in [4.78, 5) is 4.16. The molecule has 16 heavy (non-hydrogen) atoms. The fourth-order valence-corrected chi connectivity index (χ4v) is 1.66. The Balaban J connectivity index is 1.99. The molecule has 0 atom stereocenters. The highest BCUT2D eigenvalue weighted by Gasteiger charge is 2.05. The van der Waals surface area contributed by atoms with E-state index in [1.54, 1.807) is 18.3 Å². The highest BCUT2D eigenvalue weighted by Crippen LogP contribution is 2.11. The fraction of sp³-hybridized carbons (Fsp3) is 0.333. The Morgan fingerprint density at radius 1 is 1.56 bits per heavy atom. The van der Waals surface area contributed by atoms with Gasteiger partial charge in [0.2, 0.25) is 0 Å². The van der Waals surface area contributed by atoms with Crippen LogP contribution >= 0.6 is 0 Å². The van der Waals surface area contributed by atoms with Gasteiger partial charge >= 0.3 is 0 Å². The van der Waals surface area contributed by atoms with Crippen LogP contribution in [0.4, 0.5) is 5.82 Å². The van der Waals surface area contributed by atoms with Crippen molar-refractivity contribution in [1.29, 1.82) is 5.26 Å². The average molecular weight is 214 g/mol. The van der Waals surface area contributed by atoms with Crippen LogP contribution in [0.1, 0.15) is 12.0 Å². The molecule has 2 N–H and O–H groups in total. The van der Waals surface area contributed by atoms with Crippen molar-refractivity contribution in [2.45, 2.75) is 6.42 Å². The van der Waals surface area contributed by atoms with E-state index in [9.17, 15) is 0 Å². The number of hydrogen-bond acceptors (Lipinski definition) is 4. The van der Waals surface area contributed by atoms with Gasteiger partial charge in [-0.2, -0.15) is 5.26 Å².